The topological polar surface area (TPSA) is 88.5 Å². The van der Waals surface area contributed by atoms with Gasteiger partial charge >= 0.3 is 0 Å². The summed E-state index contributed by atoms with van der Waals surface area (Å²) in [6, 6.07) is 5.07. The fourth-order valence-corrected chi connectivity index (χ4v) is 2.46. The SMILES string of the molecule is CC1Oc2c(cccc2C(=O)Nc2cnn(CCN(C)C)c2)NC1=O. The average molecular weight is 343 g/mol. The number of carbonyl (C=O) groups excluding carboxylic acids is 2. The van der Waals surface area contributed by atoms with Crippen LogP contribution >= 0.6 is 0 Å². The molecule has 2 N–H and O–H groups in total. The van der Waals surface area contributed by atoms with Crippen molar-refractivity contribution in [2.45, 2.75) is 19.6 Å². The van der Waals surface area contributed by atoms with Crippen molar-refractivity contribution < 1.29 is 14.3 Å². The molecule has 0 aliphatic carbocycles. The molecule has 1 aliphatic heterocycles. The Labute approximate surface area is 145 Å². The number of ether oxygens (including phenoxy) is 1. The molecule has 25 heavy (non-hydrogen) atoms. The fourth-order valence-electron chi connectivity index (χ4n) is 2.46. The van der Waals surface area contributed by atoms with Gasteiger partial charge in [0.25, 0.3) is 11.8 Å². The number of hydrogen-bond donors (Lipinski definition) is 2. The molecule has 0 radical (unpaired) electrons. The predicted octanol–water partition coefficient (Wildman–Crippen LogP) is 1.42. The molecule has 0 fully saturated rings. The van der Waals surface area contributed by atoms with Crippen LogP contribution in [0.1, 0.15) is 17.3 Å². The lowest BCUT2D eigenvalue weighted by atomic mass is 10.1. The maximum absolute atomic E-state index is 12.6. The first-order valence-corrected chi connectivity index (χ1v) is 8.03. The number of carbonyl (C=O) groups is 2. The summed E-state index contributed by atoms with van der Waals surface area (Å²) in [6.45, 7) is 3.23. The van der Waals surface area contributed by atoms with Crippen molar-refractivity contribution in [3.63, 3.8) is 0 Å². The molecule has 132 valence electrons. The number of anilines is 2. The quantitative estimate of drug-likeness (QED) is 0.857. The van der Waals surface area contributed by atoms with Gasteiger partial charge in [-0.3, -0.25) is 14.3 Å². The number of nitrogens with zero attached hydrogens (tertiary/aromatic N) is 3. The van der Waals surface area contributed by atoms with Crippen molar-refractivity contribution in [2.75, 3.05) is 31.3 Å². The molecule has 2 amide bonds. The lowest BCUT2D eigenvalue weighted by Gasteiger charge is -2.24. The molecule has 8 nitrogen and oxygen atoms in total. The van der Waals surface area contributed by atoms with E-state index in [-0.39, 0.29) is 11.8 Å². The maximum Gasteiger partial charge on any atom is 0.265 e. The van der Waals surface area contributed by atoms with E-state index in [1.54, 1.807) is 42.2 Å². The normalized spacial score (nSPS) is 16.2. The number of fused-ring (bicyclic) bond motifs is 1. The summed E-state index contributed by atoms with van der Waals surface area (Å²) in [5, 5.41) is 9.78. The maximum atomic E-state index is 12.6. The summed E-state index contributed by atoms with van der Waals surface area (Å²) < 4.78 is 7.38. The van der Waals surface area contributed by atoms with E-state index in [9.17, 15) is 9.59 Å². The Morgan fingerprint density at radius 3 is 3.00 bits per heavy atom. The van der Waals surface area contributed by atoms with Gasteiger partial charge in [-0.05, 0) is 33.2 Å². The molecule has 0 spiro atoms. The summed E-state index contributed by atoms with van der Waals surface area (Å²) >= 11 is 0. The zero-order valence-corrected chi connectivity index (χ0v) is 14.4. The Kier molecular flexibility index (Phi) is 4.71. The Morgan fingerprint density at radius 2 is 2.24 bits per heavy atom. The molecule has 0 bridgehead atoms. The number of rotatable bonds is 5. The number of para-hydroxylation sites is 1. The molecule has 8 heteroatoms. The molecule has 1 aliphatic rings. The third-order valence-electron chi connectivity index (χ3n) is 3.85. The standard InChI is InChI=1S/C17H21N5O3/c1-11-16(23)20-14-6-4-5-13(15(14)25-11)17(24)19-12-9-18-22(10-12)8-7-21(2)3/h4-6,9-11H,7-8H2,1-3H3,(H,19,24)(H,20,23). The highest BCUT2D eigenvalue weighted by Crippen LogP contribution is 2.33. The highest BCUT2D eigenvalue weighted by Gasteiger charge is 2.27. The van der Waals surface area contributed by atoms with Crippen molar-refractivity contribution in [1.82, 2.24) is 14.7 Å². The predicted molar refractivity (Wildman–Crippen MR) is 93.9 cm³/mol. The van der Waals surface area contributed by atoms with Crippen molar-refractivity contribution in [3.8, 4) is 5.75 Å². The smallest absolute Gasteiger partial charge is 0.265 e. The average Bonchev–Trinajstić information content (AvgIpc) is 3.01. The summed E-state index contributed by atoms with van der Waals surface area (Å²) in [6.07, 6.45) is 2.74. The minimum Gasteiger partial charge on any atom is -0.478 e. The van der Waals surface area contributed by atoms with Gasteiger partial charge in [-0.25, -0.2) is 0 Å². The van der Waals surface area contributed by atoms with Crippen LogP contribution in [0, 0.1) is 0 Å². The molecule has 1 aromatic heterocycles. The first kappa shape index (κ1) is 17.0. The number of nitrogens with one attached hydrogen (secondary N) is 2. The van der Waals surface area contributed by atoms with Crippen LogP contribution in [0.4, 0.5) is 11.4 Å². The minimum atomic E-state index is -0.643. The molecule has 1 aromatic carbocycles. The number of aromatic nitrogens is 2. The number of hydrogen-bond acceptors (Lipinski definition) is 5. The minimum absolute atomic E-state index is 0.229. The molecule has 2 heterocycles. The van der Waals surface area contributed by atoms with Crippen LogP contribution in [0.5, 0.6) is 5.75 Å². The van der Waals surface area contributed by atoms with E-state index in [2.05, 4.69) is 20.6 Å². The largest absolute Gasteiger partial charge is 0.478 e. The Balaban J connectivity index is 1.74. The third kappa shape index (κ3) is 3.80. The van der Waals surface area contributed by atoms with Crippen LogP contribution in [-0.4, -0.2) is 53.2 Å². The van der Waals surface area contributed by atoms with Gasteiger partial charge in [0.2, 0.25) is 0 Å². The molecular formula is C17H21N5O3. The number of likely N-dealkylation sites (N-methyl/N-ethyl adjacent to an activating group) is 1. The lowest BCUT2D eigenvalue weighted by molar-refractivity contribution is -0.122. The summed E-state index contributed by atoms with van der Waals surface area (Å²) in [5.41, 5.74) is 1.47. The number of amides is 2. The third-order valence-corrected chi connectivity index (χ3v) is 3.85. The van der Waals surface area contributed by atoms with Gasteiger partial charge in [0.1, 0.15) is 0 Å². The Hall–Kier alpha value is -2.87. The fraction of sp³-hybridized carbons (Fsp3) is 0.353. The Morgan fingerprint density at radius 1 is 1.44 bits per heavy atom. The molecule has 1 unspecified atom stereocenters. The van der Waals surface area contributed by atoms with E-state index in [4.69, 9.17) is 4.74 Å². The zero-order chi connectivity index (χ0) is 18.0. The van der Waals surface area contributed by atoms with Crippen molar-refractivity contribution in [3.05, 3.63) is 36.2 Å². The molecule has 0 saturated heterocycles. The highest BCUT2D eigenvalue weighted by molar-refractivity contribution is 6.09. The highest BCUT2D eigenvalue weighted by atomic mass is 16.5. The first-order chi connectivity index (χ1) is 11.9. The van der Waals surface area contributed by atoms with Gasteiger partial charge in [0.05, 0.1) is 29.7 Å². The van der Waals surface area contributed by atoms with E-state index in [1.807, 2.05) is 14.1 Å². The Bertz CT molecular complexity index is 799. The van der Waals surface area contributed by atoms with E-state index >= 15 is 0 Å². The zero-order valence-electron chi connectivity index (χ0n) is 14.4. The van der Waals surface area contributed by atoms with Crippen LogP contribution in [0.3, 0.4) is 0 Å². The van der Waals surface area contributed by atoms with Crippen LogP contribution in [0.15, 0.2) is 30.6 Å². The first-order valence-electron chi connectivity index (χ1n) is 8.03. The van der Waals surface area contributed by atoms with E-state index < -0.39 is 6.10 Å². The van der Waals surface area contributed by atoms with Gasteiger partial charge in [-0.15, -0.1) is 0 Å². The van der Waals surface area contributed by atoms with Gasteiger partial charge in [-0.1, -0.05) is 6.07 Å². The van der Waals surface area contributed by atoms with Crippen molar-refractivity contribution >= 4 is 23.2 Å². The van der Waals surface area contributed by atoms with Crippen molar-refractivity contribution in [2.24, 2.45) is 0 Å². The molecule has 3 rings (SSSR count). The second-order valence-electron chi connectivity index (χ2n) is 6.18. The molecule has 1 atom stereocenters. The summed E-state index contributed by atoms with van der Waals surface area (Å²) in [5.74, 6) is -0.160. The lowest BCUT2D eigenvalue weighted by Crippen LogP contribution is -2.35. The van der Waals surface area contributed by atoms with Crippen LogP contribution in [-0.2, 0) is 11.3 Å². The van der Waals surface area contributed by atoms with Gasteiger partial charge < -0.3 is 20.3 Å². The van der Waals surface area contributed by atoms with Crippen LogP contribution in [0.2, 0.25) is 0 Å². The molecular weight excluding hydrogens is 322 g/mol. The van der Waals surface area contributed by atoms with Crippen LogP contribution in [0.25, 0.3) is 0 Å². The van der Waals surface area contributed by atoms with Gasteiger partial charge in [0.15, 0.2) is 11.9 Å². The van der Waals surface area contributed by atoms with E-state index in [1.165, 1.54) is 0 Å². The molecule has 2 aromatic rings. The second kappa shape index (κ2) is 6.94. The summed E-state index contributed by atoms with van der Waals surface area (Å²) in [7, 11) is 3.98. The second-order valence-corrected chi connectivity index (χ2v) is 6.18. The monoisotopic (exact) mass is 343 g/mol. The van der Waals surface area contributed by atoms with E-state index in [0.29, 0.717) is 22.7 Å². The van der Waals surface area contributed by atoms with Crippen LogP contribution < -0.4 is 15.4 Å². The van der Waals surface area contributed by atoms with Crippen molar-refractivity contribution in [1.29, 1.82) is 0 Å². The molecule has 0 saturated carbocycles. The summed E-state index contributed by atoms with van der Waals surface area (Å²) in [4.78, 5) is 26.3. The van der Waals surface area contributed by atoms with Gasteiger partial charge in [0, 0.05) is 12.7 Å². The van der Waals surface area contributed by atoms with Gasteiger partial charge in [-0.2, -0.15) is 5.10 Å². The number of benzene rings is 1. The van der Waals surface area contributed by atoms with E-state index in [0.717, 1.165) is 13.1 Å².